The number of thiocarbonyl (C=S) groups is 1. The van der Waals surface area contributed by atoms with Crippen molar-refractivity contribution >= 4 is 28.9 Å². The van der Waals surface area contributed by atoms with Crippen molar-refractivity contribution in [1.29, 1.82) is 0 Å². The highest BCUT2D eigenvalue weighted by atomic mass is 32.1. The lowest BCUT2D eigenvalue weighted by Gasteiger charge is -2.13. The summed E-state index contributed by atoms with van der Waals surface area (Å²) >= 11 is 5.18. The van der Waals surface area contributed by atoms with Crippen molar-refractivity contribution < 1.29 is 19.1 Å². The summed E-state index contributed by atoms with van der Waals surface area (Å²) in [5.41, 5.74) is 1.40. The zero-order valence-corrected chi connectivity index (χ0v) is 15.3. The van der Waals surface area contributed by atoms with Gasteiger partial charge in [-0.2, -0.15) is 0 Å². The Morgan fingerprint density at radius 3 is 2.68 bits per heavy atom. The van der Waals surface area contributed by atoms with Gasteiger partial charge in [-0.3, -0.25) is 4.79 Å². The lowest BCUT2D eigenvalue weighted by molar-refractivity contribution is -0.120. The van der Waals surface area contributed by atoms with Gasteiger partial charge in [-0.1, -0.05) is 13.8 Å². The Kier molecular flexibility index (Phi) is 6.55. The molecule has 2 rings (SSSR count). The third kappa shape index (κ3) is 5.30. The van der Waals surface area contributed by atoms with Crippen molar-refractivity contribution in [3.63, 3.8) is 0 Å². The lowest BCUT2D eigenvalue weighted by Crippen LogP contribution is -2.34. The first-order chi connectivity index (χ1) is 11.9. The van der Waals surface area contributed by atoms with E-state index in [1.54, 1.807) is 37.4 Å². The number of aliphatic hydroxyl groups is 1. The largest absolute Gasteiger partial charge is 0.496 e. The number of rotatable bonds is 6. The Labute approximate surface area is 152 Å². The molecule has 1 aromatic heterocycles. The normalized spacial score (nSPS) is 10.6. The second-order valence-electron chi connectivity index (χ2n) is 5.94. The molecule has 0 spiro atoms. The molecular weight excluding hydrogens is 340 g/mol. The fraction of sp³-hybridized carbons (Fsp3) is 0.333. The smallest absolute Gasteiger partial charge is 0.226 e. The molecule has 7 heteroatoms. The summed E-state index contributed by atoms with van der Waals surface area (Å²) in [6.07, 6.45) is 0.409. The van der Waals surface area contributed by atoms with Crippen LogP contribution in [0.5, 0.6) is 5.75 Å². The molecule has 6 nitrogen and oxygen atoms in total. The summed E-state index contributed by atoms with van der Waals surface area (Å²) in [5, 5.41) is 15.0. The first-order valence-corrected chi connectivity index (χ1v) is 8.32. The van der Waals surface area contributed by atoms with Crippen LogP contribution in [0.4, 0.5) is 5.69 Å². The number of furan rings is 1. The number of carbonyl (C=O) groups excluding carboxylic acids is 1. The van der Waals surface area contributed by atoms with Crippen LogP contribution in [0.2, 0.25) is 0 Å². The predicted molar refractivity (Wildman–Crippen MR) is 100 cm³/mol. The number of carbonyl (C=O) groups is 1. The number of methoxy groups -OCH3 is 1. The molecule has 0 radical (unpaired) electrons. The van der Waals surface area contributed by atoms with Gasteiger partial charge in [0.1, 0.15) is 23.9 Å². The number of anilines is 1. The fourth-order valence-corrected chi connectivity index (χ4v) is 2.53. The Bertz CT molecular complexity index is 755. The molecule has 0 bridgehead atoms. The van der Waals surface area contributed by atoms with E-state index in [2.05, 4.69) is 10.6 Å². The topological polar surface area (TPSA) is 83.7 Å². The Morgan fingerprint density at radius 1 is 1.32 bits per heavy atom. The first kappa shape index (κ1) is 19.0. The minimum absolute atomic E-state index is 0.125. The Morgan fingerprint density at radius 2 is 2.08 bits per heavy atom. The van der Waals surface area contributed by atoms with Crippen molar-refractivity contribution in [3.8, 4) is 17.1 Å². The second-order valence-corrected chi connectivity index (χ2v) is 6.35. The molecule has 0 aliphatic heterocycles. The zero-order valence-electron chi connectivity index (χ0n) is 14.5. The predicted octanol–water partition coefficient (Wildman–Crippen LogP) is 3.31. The average molecular weight is 362 g/mol. The molecule has 3 N–H and O–H groups in total. The van der Waals surface area contributed by atoms with E-state index in [1.807, 2.05) is 13.8 Å². The zero-order chi connectivity index (χ0) is 18.4. The minimum Gasteiger partial charge on any atom is -0.496 e. The van der Waals surface area contributed by atoms with Crippen molar-refractivity contribution in [2.24, 2.45) is 5.92 Å². The average Bonchev–Trinajstić information content (AvgIpc) is 3.02. The van der Waals surface area contributed by atoms with Gasteiger partial charge in [0.25, 0.3) is 0 Å². The van der Waals surface area contributed by atoms with Crippen molar-refractivity contribution in [2.45, 2.75) is 26.9 Å². The number of hydrogen-bond acceptors (Lipinski definition) is 5. The van der Waals surface area contributed by atoms with Crippen molar-refractivity contribution in [1.82, 2.24) is 5.32 Å². The van der Waals surface area contributed by atoms with Gasteiger partial charge in [0.15, 0.2) is 5.11 Å². The number of amides is 1. The van der Waals surface area contributed by atoms with Crippen LogP contribution >= 0.6 is 12.2 Å². The van der Waals surface area contributed by atoms with Crippen LogP contribution in [0.15, 0.2) is 34.7 Å². The summed E-state index contributed by atoms with van der Waals surface area (Å²) in [7, 11) is 1.57. The van der Waals surface area contributed by atoms with Crippen LogP contribution in [0, 0.1) is 5.92 Å². The maximum Gasteiger partial charge on any atom is 0.226 e. The van der Waals surface area contributed by atoms with Crippen LogP contribution in [-0.2, 0) is 11.4 Å². The van der Waals surface area contributed by atoms with E-state index in [0.717, 1.165) is 0 Å². The molecule has 0 aliphatic rings. The first-order valence-electron chi connectivity index (χ1n) is 7.91. The minimum atomic E-state index is -0.174. The van der Waals surface area contributed by atoms with E-state index in [4.69, 9.17) is 26.5 Å². The van der Waals surface area contributed by atoms with E-state index >= 15 is 0 Å². The summed E-state index contributed by atoms with van der Waals surface area (Å²) in [6, 6.07) is 8.83. The molecule has 0 unspecified atom stereocenters. The Balaban J connectivity index is 2.15. The summed E-state index contributed by atoms with van der Waals surface area (Å²) in [5.74, 6) is 1.79. The quantitative estimate of drug-likeness (QED) is 0.684. The van der Waals surface area contributed by atoms with Gasteiger partial charge < -0.3 is 24.9 Å². The molecule has 0 saturated heterocycles. The van der Waals surface area contributed by atoms with Crippen LogP contribution in [-0.4, -0.2) is 23.2 Å². The molecule has 0 fully saturated rings. The molecule has 1 heterocycles. The van der Waals surface area contributed by atoms with E-state index in [9.17, 15) is 4.79 Å². The monoisotopic (exact) mass is 362 g/mol. The number of benzene rings is 1. The van der Waals surface area contributed by atoms with Gasteiger partial charge in [0.05, 0.1) is 12.7 Å². The molecule has 1 amide bonds. The van der Waals surface area contributed by atoms with Crippen molar-refractivity contribution in [3.05, 3.63) is 36.1 Å². The van der Waals surface area contributed by atoms with Gasteiger partial charge >= 0.3 is 0 Å². The van der Waals surface area contributed by atoms with Gasteiger partial charge in [-0.05, 0) is 48.5 Å². The molecule has 2 aromatic rings. The number of ether oxygens (including phenoxy) is 1. The summed E-state index contributed by atoms with van der Waals surface area (Å²) in [4.78, 5) is 11.8. The lowest BCUT2D eigenvalue weighted by atomic mass is 10.1. The maximum atomic E-state index is 11.8. The maximum absolute atomic E-state index is 11.8. The molecule has 0 saturated carbocycles. The molecule has 0 aliphatic carbocycles. The van der Waals surface area contributed by atoms with Crippen LogP contribution in [0.1, 0.15) is 26.0 Å². The number of hydrogen-bond donors (Lipinski definition) is 3. The van der Waals surface area contributed by atoms with E-state index in [-0.39, 0.29) is 23.5 Å². The highest BCUT2D eigenvalue weighted by molar-refractivity contribution is 7.80. The Hall–Kier alpha value is -2.38. The summed E-state index contributed by atoms with van der Waals surface area (Å²) in [6.45, 7) is 3.76. The molecule has 134 valence electrons. The van der Waals surface area contributed by atoms with E-state index in [0.29, 0.717) is 34.9 Å². The highest BCUT2D eigenvalue weighted by Crippen LogP contribution is 2.33. The molecule has 25 heavy (non-hydrogen) atoms. The second kappa shape index (κ2) is 8.64. The van der Waals surface area contributed by atoms with Gasteiger partial charge in [-0.15, -0.1) is 0 Å². The third-order valence-corrected chi connectivity index (χ3v) is 3.59. The highest BCUT2D eigenvalue weighted by Gasteiger charge is 2.13. The third-order valence-electron chi connectivity index (χ3n) is 3.39. The number of aliphatic hydroxyl groups excluding tert-OH is 1. The van der Waals surface area contributed by atoms with Crippen LogP contribution < -0.4 is 15.4 Å². The fourth-order valence-electron chi connectivity index (χ4n) is 2.30. The molecule has 1 aromatic carbocycles. The number of nitrogens with one attached hydrogen (secondary N) is 2. The van der Waals surface area contributed by atoms with Crippen LogP contribution in [0.3, 0.4) is 0 Å². The van der Waals surface area contributed by atoms with Gasteiger partial charge in [0.2, 0.25) is 5.91 Å². The van der Waals surface area contributed by atoms with E-state index in [1.165, 1.54) is 0 Å². The van der Waals surface area contributed by atoms with Crippen molar-refractivity contribution in [2.75, 3.05) is 12.4 Å². The summed E-state index contributed by atoms with van der Waals surface area (Å²) < 4.78 is 10.9. The molecule has 0 atom stereocenters. The molecular formula is C18H22N2O4S. The SMILES string of the molecule is COc1ccc(NC(=S)NC(=O)CC(C)C)cc1-c1ccc(CO)o1. The van der Waals surface area contributed by atoms with Crippen LogP contribution in [0.25, 0.3) is 11.3 Å². The van der Waals surface area contributed by atoms with Gasteiger partial charge in [0, 0.05) is 12.1 Å². The standard InChI is InChI=1S/C18H22N2O4S/c1-11(2)8-17(22)20-18(25)19-12-4-6-15(23-3)14(9-12)16-7-5-13(10-21)24-16/h4-7,9,11,21H,8,10H2,1-3H3,(H2,19,20,22,25). The van der Waals surface area contributed by atoms with E-state index < -0.39 is 0 Å². The van der Waals surface area contributed by atoms with Gasteiger partial charge in [-0.25, -0.2) is 0 Å².